The van der Waals surface area contributed by atoms with Gasteiger partial charge in [0.15, 0.2) is 0 Å². The molecule has 1 heterocycles. The number of hydrogen-bond donors (Lipinski definition) is 3. The number of nitrogens with one attached hydrogen (secondary N) is 1. The van der Waals surface area contributed by atoms with E-state index in [1.165, 1.54) is 0 Å². The molecule has 0 amide bonds. The molecule has 0 aliphatic carbocycles. The summed E-state index contributed by atoms with van der Waals surface area (Å²) >= 11 is 1.62. The number of hydrogen-bond acceptors (Lipinski definition) is 5. The maximum Gasteiger partial charge on any atom is 0.148 e. The predicted molar refractivity (Wildman–Crippen MR) is 74.5 cm³/mol. The highest BCUT2D eigenvalue weighted by molar-refractivity contribution is 7.98. The van der Waals surface area contributed by atoms with E-state index in [1.807, 2.05) is 31.7 Å². The van der Waals surface area contributed by atoms with Gasteiger partial charge in [0, 0.05) is 18.8 Å². The average molecular weight is 258 g/mol. The summed E-state index contributed by atoms with van der Waals surface area (Å²) in [4.78, 5) is 0. The molecule has 1 atom stereocenters. The lowest BCUT2D eigenvalue weighted by molar-refractivity contribution is 0.0995. The quantitative estimate of drug-likeness (QED) is 0.717. The van der Waals surface area contributed by atoms with E-state index >= 15 is 0 Å². The fourth-order valence-corrected chi connectivity index (χ4v) is 2.37. The van der Waals surface area contributed by atoms with Gasteiger partial charge in [-0.05, 0) is 27.0 Å². The predicted octanol–water partition coefficient (Wildman–Crippen LogP) is 1.32. The third-order valence-corrected chi connectivity index (χ3v) is 3.48. The van der Waals surface area contributed by atoms with Crippen LogP contribution in [0.5, 0.6) is 0 Å². The first-order valence-electron chi connectivity index (χ1n) is 5.69. The molecule has 1 aromatic heterocycles. The van der Waals surface area contributed by atoms with Gasteiger partial charge in [0.25, 0.3) is 0 Å². The molecule has 0 bridgehead atoms. The summed E-state index contributed by atoms with van der Waals surface area (Å²) in [7, 11) is 0. The van der Waals surface area contributed by atoms with Gasteiger partial charge in [-0.3, -0.25) is 0 Å². The lowest BCUT2D eigenvalue weighted by Crippen LogP contribution is -2.36. The summed E-state index contributed by atoms with van der Waals surface area (Å²) in [5.74, 6) is 1.48. The summed E-state index contributed by atoms with van der Waals surface area (Å²) in [6, 6.07) is 0. The summed E-state index contributed by atoms with van der Waals surface area (Å²) in [6.45, 7) is 6.92. The lowest BCUT2D eigenvalue weighted by Gasteiger charge is -2.23. The maximum atomic E-state index is 10.1. The van der Waals surface area contributed by atoms with E-state index < -0.39 is 5.60 Å². The summed E-state index contributed by atoms with van der Waals surface area (Å²) in [5.41, 5.74) is 6.68. The molecule has 1 rings (SSSR count). The van der Waals surface area contributed by atoms with Gasteiger partial charge in [-0.25, -0.2) is 4.68 Å². The molecule has 0 saturated heterocycles. The number of nitrogen functional groups attached to an aromatic ring is 1. The number of nitrogens with two attached hydrogens (primary N) is 1. The Bertz CT molecular complexity index is 376. The van der Waals surface area contributed by atoms with E-state index in [0.717, 1.165) is 18.1 Å². The molecule has 5 nitrogen and oxygen atoms in total. The van der Waals surface area contributed by atoms with Crippen LogP contribution in [0, 0.1) is 6.92 Å². The number of anilines is 2. The van der Waals surface area contributed by atoms with Crippen molar-refractivity contribution >= 4 is 23.3 Å². The molecule has 0 spiro atoms. The Morgan fingerprint density at radius 1 is 1.59 bits per heavy atom. The van der Waals surface area contributed by atoms with E-state index in [0.29, 0.717) is 18.0 Å². The van der Waals surface area contributed by atoms with Gasteiger partial charge < -0.3 is 16.2 Å². The van der Waals surface area contributed by atoms with Gasteiger partial charge in [-0.1, -0.05) is 0 Å². The molecule has 4 N–H and O–H groups in total. The molecule has 0 aliphatic rings. The Morgan fingerprint density at radius 2 is 2.24 bits per heavy atom. The van der Waals surface area contributed by atoms with Crippen molar-refractivity contribution in [3.63, 3.8) is 0 Å². The topological polar surface area (TPSA) is 76.1 Å². The van der Waals surface area contributed by atoms with Crippen LogP contribution in [-0.2, 0) is 6.54 Å². The van der Waals surface area contributed by atoms with Gasteiger partial charge >= 0.3 is 0 Å². The Labute approximate surface area is 107 Å². The standard InChI is InChI=1S/C11H22N4OS/c1-5-15-10(9(12)8(2)14-15)13-6-11(3,16)7-17-4/h13,16H,5-7,12H2,1-4H3. The summed E-state index contributed by atoms with van der Waals surface area (Å²) in [6.07, 6.45) is 1.98. The monoisotopic (exact) mass is 258 g/mol. The van der Waals surface area contributed by atoms with Crippen LogP contribution < -0.4 is 11.1 Å². The Morgan fingerprint density at radius 3 is 2.76 bits per heavy atom. The third kappa shape index (κ3) is 3.54. The SMILES string of the molecule is CCn1nc(C)c(N)c1NCC(C)(O)CSC. The lowest BCUT2D eigenvalue weighted by atomic mass is 10.1. The van der Waals surface area contributed by atoms with Crippen molar-refractivity contribution in [3.05, 3.63) is 5.69 Å². The summed E-state index contributed by atoms with van der Waals surface area (Å²) in [5, 5.41) is 17.6. The van der Waals surface area contributed by atoms with Gasteiger partial charge in [-0.15, -0.1) is 0 Å². The molecule has 0 fully saturated rings. The van der Waals surface area contributed by atoms with E-state index in [1.54, 1.807) is 11.8 Å². The van der Waals surface area contributed by atoms with Crippen LogP contribution in [0.4, 0.5) is 11.5 Å². The molecule has 1 aromatic rings. The smallest absolute Gasteiger partial charge is 0.148 e. The van der Waals surface area contributed by atoms with Gasteiger partial charge in [0.05, 0.1) is 17.0 Å². The van der Waals surface area contributed by atoms with Gasteiger partial charge in [0.1, 0.15) is 5.82 Å². The minimum Gasteiger partial charge on any atom is -0.394 e. The molecule has 0 radical (unpaired) electrons. The molecule has 1 unspecified atom stereocenters. The fraction of sp³-hybridized carbons (Fsp3) is 0.727. The normalized spacial score (nSPS) is 14.6. The average Bonchev–Trinajstić information content (AvgIpc) is 2.52. The van der Waals surface area contributed by atoms with Crippen LogP contribution in [0.2, 0.25) is 0 Å². The highest BCUT2D eigenvalue weighted by atomic mass is 32.2. The third-order valence-electron chi connectivity index (χ3n) is 2.57. The molecular formula is C11H22N4OS. The second-order valence-corrected chi connectivity index (χ2v) is 5.31. The number of thioether (sulfide) groups is 1. The van der Waals surface area contributed by atoms with Crippen LogP contribution >= 0.6 is 11.8 Å². The van der Waals surface area contributed by atoms with Crippen LogP contribution in [0.15, 0.2) is 0 Å². The number of aromatic nitrogens is 2. The van der Waals surface area contributed by atoms with Crippen LogP contribution in [0.3, 0.4) is 0 Å². The largest absolute Gasteiger partial charge is 0.394 e. The number of aliphatic hydroxyl groups is 1. The fourth-order valence-electron chi connectivity index (χ4n) is 1.65. The molecular weight excluding hydrogens is 236 g/mol. The highest BCUT2D eigenvalue weighted by Crippen LogP contribution is 2.23. The Hall–Kier alpha value is -0.880. The first-order chi connectivity index (χ1) is 7.91. The molecule has 17 heavy (non-hydrogen) atoms. The van der Waals surface area contributed by atoms with Crippen LogP contribution in [-0.4, -0.2) is 39.0 Å². The Balaban J connectivity index is 2.75. The Kier molecular flexibility index (Phi) is 4.70. The van der Waals surface area contributed by atoms with E-state index in [2.05, 4.69) is 10.4 Å². The zero-order valence-electron chi connectivity index (χ0n) is 10.9. The van der Waals surface area contributed by atoms with Gasteiger partial charge in [0.2, 0.25) is 0 Å². The zero-order valence-corrected chi connectivity index (χ0v) is 11.8. The van der Waals surface area contributed by atoms with Crippen molar-refractivity contribution in [1.82, 2.24) is 9.78 Å². The van der Waals surface area contributed by atoms with Crippen molar-refractivity contribution in [1.29, 1.82) is 0 Å². The van der Waals surface area contributed by atoms with Crippen molar-refractivity contribution in [3.8, 4) is 0 Å². The molecule has 0 aliphatic heterocycles. The second-order valence-electron chi connectivity index (χ2n) is 4.45. The highest BCUT2D eigenvalue weighted by Gasteiger charge is 2.21. The molecule has 98 valence electrons. The van der Waals surface area contributed by atoms with Gasteiger partial charge in [-0.2, -0.15) is 16.9 Å². The zero-order chi connectivity index (χ0) is 13.1. The minimum absolute atomic E-state index is 0.461. The molecule has 0 aromatic carbocycles. The van der Waals surface area contributed by atoms with Crippen LogP contribution in [0.1, 0.15) is 19.5 Å². The maximum absolute atomic E-state index is 10.1. The number of aryl methyl sites for hydroxylation is 2. The minimum atomic E-state index is -0.747. The first kappa shape index (κ1) is 14.2. The first-order valence-corrected chi connectivity index (χ1v) is 7.08. The van der Waals surface area contributed by atoms with Crippen LogP contribution in [0.25, 0.3) is 0 Å². The molecule has 0 saturated carbocycles. The summed E-state index contributed by atoms with van der Waals surface area (Å²) < 4.78 is 1.82. The number of rotatable bonds is 6. The second kappa shape index (κ2) is 5.64. The van der Waals surface area contributed by atoms with Crippen molar-refractivity contribution < 1.29 is 5.11 Å². The molecule has 6 heteroatoms. The number of nitrogens with zero attached hydrogens (tertiary/aromatic N) is 2. The van der Waals surface area contributed by atoms with E-state index in [9.17, 15) is 5.11 Å². The van der Waals surface area contributed by atoms with Crippen molar-refractivity contribution in [2.75, 3.05) is 29.6 Å². The van der Waals surface area contributed by atoms with E-state index in [4.69, 9.17) is 5.73 Å². The van der Waals surface area contributed by atoms with Crippen molar-refractivity contribution in [2.24, 2.45) is 0 Å². The van der Waals surface area contributed by atoms with E-state index in [-0.39, 0.29) is 0 Å². The van der Waals surface area contributed by atoms with Crippen molar-refractivity contribution in [2.45, 2.75) is 32.9 Å².